The summed E-state index contributed by atoms with van der Waals surface area (Å²) in [6.45, 7) is 0.757. The van der Waals surface area contributed by atoms with Crippen LogP contribution in [0.3, 0.4) is 0 Å². The number of carbonyl (C=O) groups is 1. The van der Waals surface area contributed by atoms with E-state index in [1.807, 2.05) is 23.3 Å². The maximum Gasteiger partial charge on any atom is 0.432 e. The molecule has 0 bridgehead atoms. The van der Waals surface area contributed by atoms with Gasteiger partial charge in [-0.25, -0.2) is 0 Å². The van der Waals surface area contributed by atoms with Crippen LogP contribution in [0.2, 0.25) is 0 Å². The third-order valence-corrected chi connectivity index (χ3v) is 4.82. The van der Waals surface area contributed by atoms with Gasteiger partial charge in [0.15, 0.2) is 5.69 Å². The summed E-state index contributed by atoms with van der Waals surface area (Å²) in [6.07, 6.45) is -3.94. The second-order valence-electron chi connectivity index (χ2n) is 5.91. The Morgan fingerprint density at radius 2 is 2.08 bits per heavy atom. The normalized spacial score (nSPS) is 14.8. The lowest BCUT2D eigenvalue weighted by atomic mass is 10.0. The molecule has 1 aliphatic rings. The molecule has 130 valence electrons. The third kappa shape index (κ3) is 2.82. The quantitative estimate of drug-likeness (QED) is 0.636. The molecule has 1 aliphatic heterocycles. The van der Waals surface area contributed by atoms with Crippen molar-refractivity contribution in [2.24, 2.45) is 0 Å². The van der Waals surface area contributed by atoms with Gasteiger partial charge in [0.25, 0.3) is 5.91 Å². The zero-order valence-corrected chi connectivity index (χ0v) is 14.3. The first-order chi connectivity index (χ1) is 11.8. The number of benzene rings is 1. The van der Waals surface area contributed by atoms with Crippen molar-refractivity contribution in [3.8, 4) is 0 Å². The van der Waals surface area contributed by atoms with Gasteiger partial charge in [-0.05, 0) is 18.2 Å². The van der Waals surface area contributed by atoms with Gasteiger partial charge in [0.1, 0.15) is 5.69 Å². The molecular weight excluding hydrogens is 401 g/mol. The number of nitrogens with one attached hydrogen (secondary N) is 2. The first-order valence-corrected chi connectivity index (χ1v) is 8.33. The van der Waals surface area contributed by atoms with E-state index in [0.29, 0.717) is 19.5 Å². The van der Waals surface area contributed by atoms with E-state index >= 15 is 0 Å². The second kappa shape index (κ2) is 5.62. The van der Waals surface area contributed by atoms with Gasteiger partial charge in [-0.2, -0.15) is 18.3 Å². The number of alkyl halides is 3. The Hall–Kier alpha value is -2.29. The minimum absolute atomic E-state index is 0.225. The van der Waals surface area contributed by atoms with Crippen molar-refractivity contribution in [2.45, 2.75) is 19.1 Å². The maximum atomic E-state index is 12.7. The van der Waals surface area contributed by atoms with E-state index in [0.717, 1.165) is 32.7 Å². The molecule has 0 spiro atoms. The minimum Gasteiger partial charge on any atom is -0.358 e. The molecule has 0 saturated carbocycles. The molecule has 0 unspecified atom stereocenters. The number of fused-ring (bicyclic) bond motifs is 3. The average Bonchev–Trinajstić information content (AvgIpc) is 3.18. The Bertz CT molecular complexity index is 976. The van der Waals surface area contributed by atoms with E-state index in [4.69, 9.17) is 0 Å². The number of hydrogen-bond acceptors (Lipinski definition) is 2. The van der Waals surface area contributed by atoms with Gasteiger partial charge in [-0.1, -0.05) is 15.9 Å². The fraction of sp³-hybridized carbons (Fsp3) is 0.250. The summed E-state index contributed by atoms with van der Waals surface area (Å²) in [5.74, 6) is -0.512. The Labute approximate surface area is 148 Å². The van der Waals surface area contributed by atoms with Gasteiger partial charge in [-0.15, -0.1) is 0 Å². The van der Waals surface area contributed by atoms with Gasteiger partial charge in [0.2, 0.25) is 0 Å². The molecule has 0 fully saturated rings. The molecule has 2 N–H and O–H groups in total. The summed E-state index contributed by atoms with van der Waals surface area (Å²) in [5, 5.41) is 6.41. The third-order valence-electron chi connectivity index (χ3n) is 4.33. The van der Waals surface area contributed by atoms with Crippen LogP contribution < -0.4 is 0 Å². The average molecular weight is 413 g/mol. The van der Waals surface area contributed by atoms with Crippen LogP contribution in [0.15, 0.2) is 28.7 Å². The van der Waals surface area contributed by atoms with E-state index in [2.05, 4.69) is 26.0 Å². The van der Waals surface area contributed by atoms with E-state index in [1.165, 1.54) is 4.90 Å². The van der Waals surface area contributed by atoms with Crippen molar-refractivity contribution >= 4 is 32.7 Å². The minimum atomic E-state index is -4.55. The molecule has 25 heavy (non-hydrogen) atoms. The van der Waals surface area contributed by atoms with E-state index in [1.54, 1.807) is 0 Å². The highest BCUT2D eigenvalue weighted by Gasteiger charge is 2.35. The van der Waals surface area contributed by atoms with Gasteiger partial charge >= 0.3 is 6.18 Å². The van der Waals surface area contributed by atoms with Crippen molar-refractivity contribution in [2.75, 3.05) is 6.54 Å². The molecule has 9 heteroatoms. The van der Waals surface area contributed by atoms with Crippen molar-refractivity contribution < 1.29 is 18.0 Å². The molecule has 0 aliphatic carbocycles. The lowest BCUT2D eigenvalue weighted by molar-refractivity contribution is -0.141. The smallest absolute Gasteiger partial charge is 0.358 e. The van der Waals surface area contributed by atoms with Gasteiger partial charge in [-0.3, -0.25) is 9.89 Å². The summed E-state index contributed by atoms with van der Waals surface area (Å²) in [4.78, 5) is 17.4. The number of H-pyrrole nitrogens is 2. The van der Waals surface area contributed by atoms with Crippen LogP contribution in [0.4, 0.5) is 13.2 Å². The predicted molar refractivity (Wildman–Crippen MR) is 88.0 cm³/mol. The Morgan fingerprint density at radius 3 is 2.80 bits per heavy atom. The summed E-state index contributed by atoms with van der Waals surface area (Å²) >= 11 is 3.43. The molecule has 3 heterocycles. The maximum absolute atomic E-state index is 12.7. The van der Waals surface area contributed by atoms with Crippen LogP contribution in [0.5, 0.6) is 0 Å². The van der Waals surface area contributed by atoms with Crippen LogP contribution in [0.25, 0.3) is 10.9 Å². The molecule has 0 saturated heterocycles. The monoisotopic (exact) mass is 412 g/mol. The highest BCUT2D eigenvalue weighted by molar-refractivity contribution is 9.10. The number of halogens is 4. The number of hydrogen-bond donors (Lipinski definition) is 2. The summed E-state index contributed by atoms with van der Waals surface area (Å²) in [6, 6.07) is 6.60. The molecule has 0 radical (unpaired) electrons. The number of aromatic amines is 2. The Balaban J connectivity index is 1.63. The van der Waals surface area contributed by atoms with Gasteiger partial charge in [0.05, 0.1) is 0 Å². The van der Waals surface area contributed by atoms with Crippen LogP contribution in [0, 0.1) is 0 Å². The number of nitrogens with zero attached hydrogens (tertiary/aromatic N) is 2. The number of carbonyl (C=O) groups excluding carboxylic acids is 1. The van der Waals surface area contributed by atoms with Crippen LogP contribution in [-0.4, -0.2) is 32.5 Å². The van der Waals surface area contributed by atoms with Crippen molar-refractivity contribution in [3.63, 3.8) is 0 Å². The van der Waals surface area contributed by atoms with Crippen LogP contribution in [0.1, 0.15) is 27.4 Å². The van der Waals surface area contributed by atoms with Crippen LogP contribution in [-0.2, 0) is 19.1 Å². The highest BCUT2D eigenvalue weighted by atomic mass is 79.9. The topological polar surface area (TPSA) is 64.8 Å². The fourth-order valence-electron chi connectivity index (χ4n) is 3.10. The Kier molecular flexibility index (Phi) is 3.64. The zero-order valence-electron chi connectivity index (χ0n) is 12.7. The zero-order chi connectivity index (χ0) is 17.8. The first kappa shape index (κ1) is 16.2. The molecule has 1 amide bonds. The predicted octanol–water partition coefficient (Wildman–Crippen LogP) is 3.87. The molecule has 0 atom stereocenters. The second-order valence-corrected chi connectivity index (χ2v) is 6.83. The molecular formula is C16H12BrF3N4O. The number of rotatable bonds is 1. The summed E-state index contributed by atoms with van der Waals surface area (Å²) < 4.78 is 38.9. The standard InChI is InChI=1S/C16H12BrF3N4O/c17-8-1-2-11-9(5-8)10-7-24(4-3-12(10)21-11)15(25)13-6-14(23-22-13)16(18,19)20/h1-2,5-6,21H,3-4,7H2,(H,22,23). The lowest BCUT2D eigenvalue weighted by Gasteiger charge is -2.26. The summed E-state index contributed by atoms with van der Waals surface area (Å²) in [5.41, 5.74) is 1.76. The van der Waals surface area contributed by atoms with E-state index in [9.17, 15) is 18.0 Å². The number of amides is 1. The number of aromatic nitrogens is 3. The molecule has 4 rings (SSSR count). The van der Waals surface area contributed by atoms with Crippen molar-refractivity contribution in [1.29, 1.82) is 0 Å². The summed E-state index contributed by atoms with van der Waals surface area (Å²) in [7, 11) is 0. The molecule has 2 aromatic heterocycles. The Morgan fingerprint density at radius 1 is 1.28 bits per heavy atom. The highest BCUT2D eigenvalue weighted by Crippen LogP contribution is 2.31. The van der Waals surface area contributed by atoms with E-state index in [-0.39, 0.29) is 5.69 Å². The largest absolute Gasteiger partial charge is 0.432 e. The SMILES string of the molecule is O=C(c1cc(C(F)(F)F)[nH]n1)N1CCc2[nH]c3ccc(Br)cc3c2C1. The lowest BCUT2D eigenvalue weighted by Crippen LogP contribution is -2.36. The first-order valence-electron chi connectivity index (χ1n) is 7.54. The van der Waals surface area contributed by atoms with Crippen molar-refractivity contribution in [1.82, 2.24) is 20.1 Å². The van der Waals surface area contributed by atoms with Gasteiger partial charge < -0.3 is 9.88 Å². The molecule has 5 nitrogen and oxygen atoms in total. The van der Waals surface area contributed by atoms with E-state index < -0.39 is 17.8 Å². The molecule has 1 aromatic carbocycles. The molecule has 3 aromatic rings. The van der Waals surface area contributed by atoms with Crippen LogP contribution >= 0.6 is 15.9 Å². The van der Waals surface area contributed by atoms with Crippen molar-refractivity contribution in [3.05, 3.63) is 51.4 Å². The fourth-order valence-corrected chi connectivity index (χ4v) is 3.46. The van der Waals surface area contributed by atoms with Gasteiger partial charge in [0, 0.05) is 52.2 Å².